The van der Waals surface area contributed by atoms with Crippen molar-refractivity contribution < 1.29 is 9.53 Å². The van der Waals surface area contributed by atoms with Crippen molar-refractivity contribution in [3.63, 3.8) is 0 Å². The lowest BCUT2D eigenvalue weighted by Gasteiger charge is -2.26. The van der Waals surface area contributed by atoms with Crippen molar-refractivity contribution in [2.75, 3.05) is 25.5 Å². The van der Waals surface area contributed by atoms with E-state index in [9.17, 15) is 4.79 Å². The second kappa shape index (κ2) is 8.70. The molecule has 5 rings (SSSR count). The molecule has 3 heterocycles. The zero-order valence-corrected chi connectivity index (χ0v) is 18.0. The van der Waals surface area contributed by atoms with E-state index in [1.54, 1.807) is 11.6 Å². The predicted octanol–water partition coefficient (Wildman–Crippen LogP) is 4.77. The lowest BCUT2D eigenvalue weighted by atomic mass is 10.1. The molecule has 7 heteroatoms. The maximum Gasteiger partial charge on any atom is 0.253 e. The minimum atomic E-state index is 0.103. The first-order valence-corrected chi connectivity index (χ1v) is 10.9. The van der Waals surface area contributed by atoms with Crippen LogP contribution in [0.1, 0.15) is 29.6 Å². The monoisotopic (exact) mass is 427 g/mol. The molecule has 4 aromatic rings. The molecule has 2 aromatic heterocycles. The van der Waals surface area contributed by atoms with Crippen LogP contribution in [0.2, 0.25) is 0 Å². The van der Waals surface area contributed by atoms with E-state index in [0.29, 0.717) is 11.5 Å². The Morgan fingerprint density at radius 3 is 2.44 bits per heavy atom. The number of fused-ring (bicyclic) bond motifs is 1. The third kappa shape index (κ3) is 4.01. The summed E-state index contributed by atoms with van der Waals surface area (Å²) < 4.78 is 7.01. The summed E-state index contributed by atoms with van der Waals surface area (Å²) in [7, 11) is 1.66. The molecule has 162 valence electrons. The van der Waals surface area contributed by atoms with Gasteiger partial charge in [-0.3, -0.25) is 4.79 Å². The third-order valence-corrected chi connectivity index (χ3v) is 5.79. The van der Waals surface area contributed by atoms with Crippen LogP contribution in [0.5, 0.6) is 5.75 Å². The Morgan fingerprint density at radius 2 is 1.72 bits per heavy atom. The van der Waals surface area contributed by atoms with Crippen LogP contribution in [0.4, 0.5) is 11.6 Å². The largest absolute Gasteiger partial charge is 0.497 e. The van der Waals surface area contributed by atoms with Crippen LogP contribution in [0.15, 0.2) is 66.9 Å². The number of piperidine rings is 1. The molecule has 0 bridgehead atoms. The van der Waals surface area contributed by atoms with Crippen LogP contribution in [0, 0.1) is 0 Å². The fourth-order valence-electron chi connectivity index (χ4n) is 4.06. The maximum absolute atomic E-state index is 12.7. The molecule has 0 spiro atoms. The molecule has 0 aliphatic carbocycles. The van der Waals surface area contributed by atoms with Crippen molar-refractivity contribution in [3.8, 4) is 16.9 Å². The summed E-state index contributed by atoms with van der Waals surface area (Å²) in [6.07, 6.45) is 5.26. The van der Waals surface area contributed by atoms with Gasteiger partial charge in [0.2, 0.25) is 5.95 Å². The van der Waals surface area contributed by atoms with Crippen LogP contribution in [-0.4, -0.2) is 45.6 Å². The number of amides is 1. The molecule has 0 saturated carbocycles. The third-order valence-electron chi connectivity index (χ3n) is 5.79. The van der Waals surface area contributed by atoms with Gasteiger partial charge in [-0.1, -0.05) is 12.1 Å². The maximum atomic E-state index is 12.7. The fraction of sp³-hybridized carbons (Fsp3) is 0.240. The molecule has 1 fully saturated rings. The van der Waals surface area contributed by atoms with Gasteiger partial charge in [-0.25, -0.2) is 4.52 Å². The van der Waals surface area contributed by atoms with Crippen molar-refractivity contribution in [3.05, 3.63) is 72.4 Å². The van der Waals surface area contributed by atoms with Crippen LogP contribution >= 0.6 is 0 Å². The Labute approximate surface area is 186 Å². The summed E-state index contributed by atoms with van der Waals surface area (Å²) >= 11 is 0. The van der Waals surface area contributed by atoms with Gasteiger partial charge >= 0.3 is 0 Å². The second-order valence-corrected chi connectivity index (χ2v) is 7.91. The van der Waals surface area contributed by atoms with Crippen molar-refractivity contribution >= 4 is 23.2 Å². The summed E-state index contributed by atoms with van der Waals surface area (Å²) in [6.45, 7) is 1.70. The number of ether oxygens (including phenoxy) is 1. The highest BCUT2D eigenvalue weighted by Crippen LogP contribution is 2.27. The van der Waals surface area contributed by atoms with E-state index in [0.717, 1.165) is 54.1 Å². The first-order chi connectivity index (χ1) is 15.7. The number of carbonyl (C=O) groups excluding carboxylic acids is 1. The van der Waals surface area contributed by atoms with Gasteiger partial charge in [0.05, 0.1) is 7.11 Å². The number of anilines is 2. The van der Waals surface area contributed by atoms with Crippen molar-refractivity contribution in [2.45, 2.75) is 19.3 Å². The highest BCUT2D eigenvalue weighted by atomic mass is 16.5. The molecule has 0 atom stereocenters. The average Bonchev–Trinajstić information content (AvgIpc) is 3.27. The Balaban J connectivity index is 1.35. The highest BCUT2D eigenvalue weighted by Gasteiger charge is 2.18. The number of aromatic nitrogens is 3. The molecule has 2 aromatic carbocycles. The van der Waals surface area contributed by atoms with Gasteiger partial charge < -0.3 is 15.0 Å². The van der Waals surface area contributed by atoms with Crippen molar-refractivity contribution in [1.82, 2.24) is 19.5 Å². The zero-order valence-electron chi connectivity index (χ0n) is 18.0. The first-order valence-electron chi connectivity index (χ1n) is 10.9. The van der Waals surface area contributed by atoms with E-state index in [-0.39, 0.29) is 5.91 Å². The second-order valence-electron chi connectivity index (χ2n) is 7.91. The van der Waals surface area contributed by atoms with Gasteiger partial charge in [-0.15, -0.1) is 5.10 Å². The summed E-state index contributed by atoms with van der Waals surface area (Å²) in [4.78, 5) is 19.3. The van der Waals surface area contributed by atoms with Crippen molar-refractivity contribution in [2.24, 2.45) is 0 Å². The first kappa shape index (κ1) is 20.1. The van der Waals surface area contributed by atoms with Gasteiger partial charge in [0.25, 0.3) is 5.91 Å². The molecular formula is C25H25N5O2. The lowest BCUT2D eigenvalue weighted by Crippen LogP contribution is -2.35. The van der Waals surface area contributed by atoms with E-state index < -0.39 is 0 Å². The minimum Gasteiger partial charge on any atom is -0.497 e. The summed E-state index contributed by atoms with van der Waals surface area (Å²) in [5.41, 5.74) is 4.33. The van der Waals surface area contributed by atoms with Gasteiger partial charge in [-0.05, 0) is 73.4 Å². The van der Waals surface area contributed by atoms with E-state index >= 15 is 0 Å². The SMILES string of the molecule is COc1ccc(-c2cccn3nc(Nc4ccc(C(=O)N5CCCCC5)cc4)nc23)cc1. The Morgan fingerprint density at radius 1 is 0.969 bits per heavy atom. The number of benzene rings is 2. The number of nitrogens with one attached hydrogen (secondary N) is 1. The molecule has 1 N–H and O–H groups in total. The standard InChI is InChI=1S/C25H25N5O2/c1-32-21-13-9-18(10-14-21)22-6-5-17-30-23(22)27-25(28-30)26-20-11-7-19(8-12-20)24(31)29-15-3-2-4-16-29/h5-14,17H,2-4,15-16H2,1H3,(H,26,28). The van der Waals surface area contributed by atoms with E-state index in [1.165, 1.54) is 6.42 Å². The van der Waals surface area contributed by atoms with Crippen LogP contribution < -0.4 is 10.1 Å². The Hall–Kier alpha value is -3.87. The number of pyridine rings is 1. The van der Waals surface area contributed by atoms with E-state index in [4.69, 9.17) is 9.72 Å². The number of nitrogens with zero attached hydrogens (tertiary/aromatic N) is 4. The molecule has 32 heavy (non-hydrogen) atoms. The molecule has 0 unspecified atom stereocenters. The van der Waals surface area contributed by atoms with Crippen molar-refractivity contribution in [1.29, 1.82) is 0 Å². The summed E-state index contributed by atoms with van der Waals surface area (Å²) in [5, 5.41) is 7.80. The average molecular weight is 428 g/mol. The Bertz CT molecular complexity index is 1230. The Kier molecular flexibility index (Phi) is 5.46. The normalized spacial score (nSPS) is 13.8. The topological polar surface area (TPSA) is 71.8 Å². The molecule has 1 aliphatic heterocycles. The highest BCUT2D eigenvalue weighted by molar-refractivity contribution is 5.94. The predicted molar refractivity (Wildman–Crippen MR) is 124 cm³/mol. The van der Waals surface area contributed by atoms with Gasteiger partial charge in [0.15, 0.2) is 5.65 Å². The number of likely N-dealkylation sites (tertiary alicyclic amines) is 1. The van der Waals surface area contributed by atoms with Crippen LogP contribution in [0.25, 0.3) is 16.8 Å². The van der Waals surface area contributed by atoms with Gasteiger partial charge in [-0.2, -0.15) is 4.98 Å². The minimum absolute atomic E-state index is 0.103. The number of hydrogen-bond donors (Lipinski definition) is 1. The molecular weight excluding hydrogens is 402 g/mol. The van der Waals surface area contributed by atoms with E-state index in [2.05, 4.69) is 10.4 Å². The van der Waals surface area contributed by atoms with E-state index in [1.807, 2.05) is 71.8 Å². The quantitative estimate of drug-likeness (QED) is 0.497. The number of rotatable bonds is 5. The molecule has 1 saturated heterocycles. The van der Waals surface area contributed by atoms with Crippen LogP contribution in [-0.2, 0) is 0 Å². The zero-order chi connectivity index (χ0) is 21.9. The fourth-order valence-corrected chi connectivity index (χ4v) is 4.06. The number of methoxy groups -OCH3 is 1. The molecule has 7 nitrogen and oxygen atoms in total. The van der Waals surface area contributed by atoms with Gasteiger partial charge in [0, 0.05) is 36.1 Å². The van der Waals surface area contributed by atoms with Gasteiger partial charge in [0.1, 0.15) is 5.75 Å². The number of hydrogen-bond acceptors (Lipinski definition) is 5. The molecule has 1 aliphatic rings. The smallest absolute Gasteiger partial charge is 0.253 e. The number of carbonyl (C=O) groups is 1. The lowest BCUT2D eigenvalue weighted by molar-refractivity contribution is 0.0724. The molecule has 0 radical (unpaired) electrons. The summed E-state index contributed by atoms with van der Waals surface area (Å²) in [5.74, 6) is 1.42. The summed E-state index contributed by atoms with van der Waals surface area (Å²) in [6, 6.07) is 19.4. The molecule has 1 amide bonds. The van der Waals surface area contributed by atoms with Crippen LogP contribution in [0.3, 0.4) is 0 Å².